The summed E-state index contributed by atoms with van der Waals surface area (Å²) in [5.74, 6) is 0.295. The summed E-state index contributed by atoms with van der Waals surface area (Å²) >= 11 is 6.19. The van der Waals surface area contributed by atoms with Crippen molar-refractivity contribution in [2.24, 2.45) is 0 Å². The Morgan fingerprint density at radius 1 is 1.42 bits per heavy atom. The van der Waals surface area contributed by atoms with Crippen molar-refractivity contribution in [3.63, 3.8) is 0 Å². The predicted molar refractivity (Wildman–Crippen MR) is 93.2 cm³/mol. The van der Waals surface area contributed by atoms with Crippen molar-refractivity contribution in [1.29, 1.82) is 0 Å². The van der Waals surface area contributed by atoms with Crippen LogP contribution in [0.1, 0.15) is 19.8 Å². The molecule has 0 aliphatic heterocycles. The fourth-order valence-electron chi connectivity index (χ4n) is 2.17. The van der Waals surface area contributed by atoms with Gasteiger partial charge in [0.1, 0.15) is 11.3 Å². The Bertz CT molecular complexity index is 704. The SMILES string of the molecule is C=CCOC(CCCOC(C)=O)Oc1ccc(Cl)c2cccnc12. The number of hydrogen-bond donors (Lipinski definition) is 0. The van der Waals surface area contributed by atoms with Crippen molar-refractivity contribution in [1.82, 2.24) is 4.98 Å². The molecular weight excluding hydrogens is 330 g/mol. The maximum Gasteiger partial charge on any atom is 0.302 e. The Balaban J connectivity index is 2.09. The Hall–Kier alpha value is -2.11. The minimum atomic E-state index is -0.495. The van der Waals surface area contributed by atoms with Gasteiger partial charge in [0, 0.05) is 24.9 Å². The highest BCUT2D eigenvalue weighted by molar-refractivity contribution is 6.35. The molecule has 5 nitrogen and oxygen atoms in total. The zero-order valence-corrected chi connectivity index (χ0v) is 14.3. The standard InChI is InChI=1S/C18H20ClNO4/c1-3-11-23-17(7-5-12-22-13(2)21)24-16-9-8-15(19)14-6-4-10-20-18(14)16/h3-4,6,8-10,17H,1,5,7,11-12H2,2H3. The monoisotopic (exact) mass is 349 g/mol. The molecule has 1 aromatic heterocycles. The smallest absolute Gasteiger partial charge is 0.302 e. The molecular formula is C18H20ClNO4. The van der Waals surface area contributed by atoms with Crippen molar-refractivity contribution < 1.29 is 19.0 Å². The van der Waals surface area contributed by atoms with E-state index in [1.54, 1.807) is 24.4 Å². The van der Waals surface area contributed by atoms with Crippen LogP contribution in [0.4, 0.5) is 0 Å². The summed E-state index contributed by atoms with van der Waals surface area (Å²) in [6.07, 6.45) is 4.04. The van der Waals surface area contributed by atoms with Crippen LogP contribution < -0.4 is 4.74 Å². The highest BCUT2D eigenvalue weighted by Gasteiger charge is 2.14. The molecule has 1 aromatic carbocycles. The van der Waals surface area contributed by atoms with E-state index in [1.807, 2.05) is 12.1 Å². The molecule has 0 saturated carbocycles. The molecule has 2 aromatic rings. The first-order valence-electron chi connectivity index (χ1n) is 7.67. The van der Waals surface area contributed by atoms with Crippen LogP contribution in [0.3, 0.4) is 0 Å². The summed E-state index contributed by atoms with van der Waals surface area (Å²) in [7, 11) is 0. The van der Waals surface area contributed by atoms with Gasteiger partial charge in [-0.05, 0) is 30.7 Å². The van der Waals surface area contributed by atoms with Crippen LogP contribution >= 0.6 is 11.6 Å². The van der Waals surface area contributed by atoms with Crippen LogP contribution in [0.15, 0.2) is 43.1 Å². The lowest BCUT2D eigenvalue weighted by Gasteiger charge is -2.20. The number of carbonyl (C=O) groups is 1. The predicted octanol–water partition coefficient (Wildman–Crippen LogP) is 4.14. The molecule has 0 aliphatic rings. The van der Waals surface area contributed by atoms with E-state index in [9.17, 15) is 4.79 Å². The maximum absolute atomic E-state index is 10.8. The summed E-state index contributed by atoms with van der Waals surface area (Å²) < 4.78 is 16.5. The van der Waals surface area contributed by atoms with Crippen molar-refractivity contribution >= 4 is 28.5 Å². The van der Waals surface area contributed by atoms with E-state index in [0.717, 1.165) is 5.39 Å². The van der Waals surface area contributed by atoms with Crippen LogP contribution in [0.5, 0.6) is 5.75 Å². The third-order valence-corrected chi connectivity index (χ3v) is 3.56. The van der Waals surface area contributed by atoms with Crippen molar-refractivity contribution in [3.05, 3.63) is 48.1 Å². The largest absolute Gasteiger partial charge is 0.466 e. The van der Waals surface area contributed by atoms with E-state index >= 15 is 0 Å². The molecule has 1 atom stereocenters. The molecule has 2 rings (SSSR count). The summed E-state index contributed by atoms with van der Waals surface area (Å²) in [6.45, 7) is 5.71. The number of nitrogens with zero attached hydrogens (tertiary/aromatic N) is 1. The topological polar surface area (TPSA) is 57.7 Å². The van der Waals surface area contributed by atoms with Gasteiger partial charge in [-0.1, -0.05) is 17.7 Å². The Kier molecular flexibility index (Phi) is 7.03. The molecule has 1 unspecified atom stereocenters. The molecule has 0 saturated heterocycles. The number of benzene rings is 1. The summed E-state index contributed by atoms with van der Waals surface area (Å²) in [4.78, 5) is 15.2. The number of fused-ring (bicyclic) bond motifs is 1. The van der Waals surface area contributed by atoms with E-state index in [2.05, 4.69) is 11.6 Å². The van der Waals surface area contributed by atoms with Crippen LogP contribution in [0.2, 0.25) is 5.02 Å². The van der Waals surface area contributed by atoms with Gasteiger partial charge >= 0.3 is 5.97 Å². The van der Waals surface area contributed by atoms with E-state index < -0.39 is 6.29 Å². The zero-order valence-electron chi connectivity index (χ0n) is 13.5. The number of aromatic nitrogens is 1. The van der Waals surface area contributed by atoms with Gasteiger partial charge in [0.15, 0.2) is 6.29 Å². The Labute approximate surface area is 146 Å². The number of halogens is 1. The molecule has 0 amide bonds. The highest BCUT2D eigenvalue weighted by Crippen LogP contribution is 2.30. The highest BCUT2D eigenvalue weighted by atomic mass is 35.5. The summed E-state index contributed by atoms with van der Waals surface area (Å²) in [6, 6.07) is 7.25. The lowest BCUT2D eigenvalue weighted by molar-refractivity contribution is -0.141. The van der Waals surface area contributed by atoms with Gasteiger partial charge in [0.25, 0.3) is 0 Å². The first-order chi connectivity index (χ1) is 11.6. The quantitative estimate of drug-likeness (QED) is 0.295. The normalized spacial score (nSPS) is 11.9. The van der Waals surface area contributed by atoms with Crippen molar-refractivity contribution in [2.75, 3.05) is 13.2 Å². The Morgan fingerprint density at radius 3 is 3.00 bits per heavy atom. The molecule has 6 heteroatoms. The molecule has 0 aliphatic carbocycles. The number of esters is 1. The molecule has 1 heterocycles. The molecule has 0 radical (unpaired) electrons. The second-order valence-corrected chi connectivity index (χ2v) is 5.50. The van der Waals surface area contributed by atoms with Gasteiger partial charge in [-0.25, -0.2) is 0 Å². The maximum atomic E-state index is 10.8. The van der Waals surface area contributed by atoms with Gasteiger partial charge in [0.2, 0.25) is 0 Å². The molecule has 0 fully saturated rings. The van der Waals surface area contributed by atoms with Crippen molar-refractivity contribution in [2.45, 2.75) is 26.1 Å². The third kappa shape index (κ3) is 5.22. The fraction of sp³-hybridized carbons (Fsp3) is 0.333. The molecule has 24 heavy (non-hydrogen) atoms. The number of carbonyl (C=O) groups excluding carboxylic acids is 1. The van der Waals surface area contributed by atoms with Crippen molar-refractivity contribution in [3.8, 4) is 5.75 Å². The van der Waals surface area contributed by atoms with E-state index in [1.165, 1.54) is 6.92 Å². The van der Waals surface area contributed by atoms with Gasteiger partial charge in [-0.15, -0.1) is 6.58 Å². The number of pyridine rings is 1. The third-order valence-electron chi connectivity index (χ3n) is 3.23. The lowest BCUT2D eigenvalue weighted by atomic mass is 10.2. The second-order valence-electron chi connectivity index (χ2n) is 5.10. The second kappa shape index (κ2) is 9.25. The summed E-state index contributed by atoms with van der Waals surface area (Å²) in [5, 5.41) is 1.43. The molecule has 0 N–H and O–H groups in total. The van der Waals surface area contributed by atoms with E-state index in [0.29, 0.717) is 42.3 Å². The fourth-order valence-corrected chi connectivity index (χ4v) is 2.38. The van der Waals surface area contributed by atoms with Crippen LogP contribution in [0.25, 0.3) is 10.9 Å². The number of ether oxygens (including phenoxy) is 3. The number of hydrogen-bond acceptors (Lipinski definition) is 5. The van der Waals surface area contributed by atoms with Crippen LogP contribution in [-0.4, -0.2) is 30.5 Å². The van der Waals surface area contributed by atoms with Gasteiger partial charge < -0.3 is 14.2 Å². The van der Waals surface area contributed by atoms with Crippen LogP contribution in [0, 0.1) is 0 Å². The van der Waals surface area contributed by atoms with Gasteiger partial charge in [0.05, 0.1) is 18.2 Å². The molecule has 0 bridgehead atoms. The van der Waals surface area contributed by atoms with E-state index in [-0.39, 0.29) is 5.97 Å². The summed E-state index contributed by atoms with van der Waals surface area (Å²) in [5.41, 5.74) is 0.678. The minimum absolute atomic E-state index is 0.299. The Morgan fingerprint density at radius 2 is 2.25 bits per heavy atom. The first kappa shape index (κ1) is 18.2. The average molecular weight is 350 g/mol. The minimum Gasteiger partial charge on any atom is -0.466 e. The van der Waals surface area contributed by atoms with Gasteiger partial charge in [-0.2, -0.15) is 0 Å². The molecule has 128 valence electrons. The average Bonchev–Trinajstić information content (AvgIpc) is 2.58. The molecule has 0 spiro atoms. The van der Waals surface area contributed by atoms with Crippen LogP contribution in [-0.2, 0) is 14.3 Å². The number of rotatable bonds is 9. The van der Waals surface area contributed by atoms with E-state index in [4.69, 9.17) is 25.8 Å². The first-order valence-corrected chi connectivity index (χ1v) is 8.05. The lowest BCUT2D eigenvalue weighted by Crippen LogP contribution is -2.22. The zero-order chi connectivity index (χ0) is 17.4. The van der Waals surface area contributed by atoms with Gasteiger partial charge in [-0.3, -0.25) is 9.78 Å².